The molecule has 1 atom stereocenters. The second-order valence-electron chi connectivity index (χ2n) is 7.05. The van der Waals surface area contributed by atoms with Gasteiger partial charge in [0.1, 0.15) is 0 Å². The Balaban J connectivity index is 1.64. The number of hydrogen-bond acceptors (Lipinski definition) is 4. The maximum absolute atomic E-state index is 9.78. The van der Waals surface area contributed by atoms with Crippen molar-refractivity contribution in [3.05, 3.63) is 76.4 Å². The fourth-order valence-corrected chi connectivity index (χ4v) is 3.54. The van der Waals surface area contributed by atoms with E-state index in [4.69, 9.17) is 5.26 Å². The lowest BCUT2D eigenvalue weighted by Gasteiger charge is -2.15. The van der Waals surface area contributed by atoms with Gasteiger partial charge in [-0.05, 0) is 30.0 Å². The minimum Gasteiger partial charge on any atom is -0.396 e. The summed E-state index contributed by atoms with van der Waals surface area (Å²) < 4.78 is 2.90. The maximum atomic E-state index is 9.78. The third-order valence-corrected chi connectivity index (χ3v) is 5.31. The molecule has 0 saturated heterocycles. The first-order valence-corrected chi connectivity index (χ1v) is 10.5. The normalized spacial score (nSPS) is 11.9. The van der Waals surface area contributed by atoms with E-state index in [1.807, 2.05) is 53.3 Å². The summed E-state index contributed by atoms with van der Waals surface area (Å²) in [4.78, 5) is 0. The van der Waals surface area contributed by atoms with Crippen molar-refractivity contribution in [2.75, 3.05) is 13.2 Å². The Bertz CT molecular complexity index is 932. The molecule has 0 fully saturated rings. The summed E-state index contributed by atoms with van der Waals surface area (Å²) >= 11 is 3.45. The van der Waals surface area contributed by atoms with Gasteiger partial charge in [0.05, 0.1) is 24.7 Å². The summed E-state index contributed by atoms with van der Waals surface area (Å²) in [6.07, 6.45) is 3.27. The standard InChI is InChI=1S/C23H25BrN4O/c24-22-9-7-18(8-10-22)13-19(17-29)14-26-15-21-16-28(12-4-11-25)27-23(21)20-5-2-1-3-6-20/h1-3,5-10,16,19,26,29H,4,12-15,17H2. The van der Waals surface area contributed by atoms with E-state index in [9.17, 15) is 5.11 Å². The topological polar surface area (TPSA) is 73.9 Å². The largest absolute Gasteiger partial charge is 0.396 e. The maximum Gasteiger partial charge on any atom is 0.0968 e. The summed E-state index contributed by atoms with van der Waals surface area (Å²) in [5, 5.41) is 26.8. The van der Waals surface area contributed by atoms with Crippen molar-refractivity contribution in [1.82, 2.24) is 15.1 Å². The summed E-state index contributed by atoms with van der Waals surface area (Å²) in [6.45, 7) is 2.09. The number of nitrogens with one attached hydrogen (secondary N) is 1. The van der Waals surface area contributed by atoms with Gasteiger partial charge in [-0.3, -0.25) is 4.68 Å². The highest BCUT2D eigenvalue weighted by atomic mass is 79.9. The van der Waals surface area contributed by atoms with Crippen molar-refractivity contribution in [2.45, 2.75) is 25.9 Å². The molecule has 2 N–H and O–H groups in total. The second kappa shape index (κ2) is 10.9. The Morgan fingerprint density at radius 2 is 1.90 bits per heavy atom. The molecule has 6 heteroatoms. The summed E-state index contributed by atoms with van der Waals surface area (Å²) in [7, 11) is 0. The van der Waals surface area contributed by atoms with Crippen molar-refractivity contribution in [1.29, 1.82) is 5.26 Å². The Labute approximate surface area is 180 Å². The van der Waals surface area contributed by atoms with Crippen LogP contribution >= 0.6 is 15.9 Å². The number of benzene rings is 2. The van der Waals surface area contributed by atoms with E-state index in [1.54, 1.807) is 0 Å². The van der Waals surface area contributed by atoms with Crippen LogP contribution in [0.3, 0.4) is 0 Å². The van der Waals surface area contributed by atoms with E-state index in [0.717, 1.165) is 27.7 Å². The Morgan fingerprint density at radius 3 is 2.59 bits per heavy atom. The molecule has 0 aliphatic rings. The first kappa shape index (κ1) is 21.3. The number of aliphatic hydroxyl groups is 1. The quantitative estimate of drug-likeness (QED) is 0.484. The number of hydrogen-bond donors (Lipinski definition) is 2. The van der Waals surface area contributed by atoms with Gasteiger partial charge in [0, 0.05) is 41.5 Å². The molecule has 1 aromatic heterocycles. The number of nitrogens with zero attached hydrogens (tertiary/aromatic N) is 3. The predicted molar refractivity (Wildman–Crippen MR) is 118 cm³/mol. The molecular formula is C23H25BrN4O. The molecular weight excluding hydrogens is 428 g/mol. The fourth-order valence-electron chi connectivity index (χ4n) is 3.28. The van der Waals surface area contributed by atoms with Gasteiger partial charge >= 0.3 is 0 Å². The summed E-state index contributed by atoms with van der Waals surface area (Å²) in [5.41, 5.74) is 4.30. The van der Waals surface area contributed by atoms with E-state index in [0.29, 0.717) is 26.1 Å². The number of aliphatic hydroxyl groups excluding tert-OH is 1. The van der Waals surface area contributed by atoms with E-state index >= 15 is 0 Å². The van der Waals surface area contributed by atoms with Crippen molar-refractivity contribution in [3.8, 4) is 17.3 Å². The zero-order valence-corrected chi connectivity index (χ0v) is 17.8. The van der Waals surface area contributed by atoms with Crippen LogP contribution in [0, 0.1) is 17.2 Å². The first-order valence-electron chi connectivity index (χ1n) is 9.74. The molecule has 1 heterocycles. The van der Waals surface area contributed by atoms with Crippen LogP contribution in [0.4, 0.5) is 0 Å². The highest BCUT2D eigenvalue weighted by molar-refractivity contribution is 9.10. The summed E-state index contributed by atoms with van der Waals surface area (Å²) in [6, 6.07) is 20.5. The van der Waals surface area contributed by atoms with Crippen LogP contribution in [-0.4, -0.2) is 28.0 Å². The lowest BCUT2D eigenvalue weighted by atomic mass is 10.00. The number of halogens is 1. The molecule has 3 rings (SSSR count). The number of aryl methyl sites for hydroxylation is 1. The Morgan fingerprint density at radius 1 is 1.14 bits per heavy atom. The van der Waals surface area contributed by atoms with E-state index in [1.165, 1.54) is 5.56 Å². The minimum atomic E-state index is 0.135. The minimum absolute atomic E-state index is 0.135. The van der Waals surface area contributed by atoms with Crippen molar-refractivity contribution < 1.29 is 5.11 Å². The van der Waals surface area contributed by atoms with Crippen LogP contribution in [0.25, 0.3) is 11.3 Å². The van der Waals surface area contributed by atoms with Gasteiger partial charge in [0.2, 0.25) is 0 Å². The zero-order chi connectivity index (χ0) is 20.5. The van der Waals surface area contributed by atoms with Crippen molar-refractivity contribution >= 4 is 15.9 Å². The first-order chi connectivity index (χ1) is 14.2. The smallest absolute Gasteiger partial charge is 0.0968 e. The molecule has 5 nitrogen and oxygen atoms in total. The molecule has 1 unspecified atom stereocenters. The monoisotopic (exact) mass is 452 g/mol. The number of aromatic nitrogens is 2. The molecule has 0 amide bonds. The summed E-state index contributed by atoms with van der Waals surface area (Å²) in [5.74, 6) is 0.144. The fraction of sp³-hybridized carbons (Fsp3) is 0.304. The highest BCUT2D eigenvalue weighted by Crippen LogP contribution is 2.22. The Hall–Kier alpha value is -2.46. The van der Waals surface area contributed by atoms with Crippen molar-refractivity contribution in [3.63, 3.8) is 0 Å². The molecule has 29 heavy (non-hydrogen) atoms. The SMILES string of the molecule is N#CCCn1cc(CNCC(CO)Cc2ccc(Br)cc2)c(-c2ccccc2)n1. The number of nitriles is 1. The third kappa shape index (κ3) is 6.26. The molecule has 0 aliphatic carbocycles. The zero-order valence-electron chi connectivity index (χ0n) is 16.3. The van der Waals surface area contributed by atoms with Crippen LogP contribution < -0.4 is 5.32 Å². The molecule has 0 spiro atoms. The molecule has 0 saturated carbocycles. The molecule has 0 aliphatic heterocycles. The van der Waals surface area contributed by atoms with Gasteiger partial charge in [-0.15, -0.1) is 0 Å². The lowest BCUT2D eigenvalue weighted by Crippen LogP contribution is -2.26. The average Bonchev–Trinajstić information content (AvgIpc) is 3.16. The molecule has 0 radical (unpaired) electrons. The molecule has 2 aromatic carbocycles. The predicted octanol–water partition coefficient (Wildman–Crippen LogP) is 4.17. The molecule has 0 bridgehead atoms. The highest BCUT2D eigenvalue weighted by Gasteiger charge is 2.13. The van der Waals surface area contributed by atoms with Gasteiger partial charge in [0.25, 0.3) is 0 Å². The second-order valence-corrected chi connectivity index (χ2v) is 7.97. The lowest BCUT2D eigenvalue weighted by molar-refractivity contribution is 0.221. The van der Waals surface area contributed by atoms with E-state index in [-0.39, 0.29) is 12.5 Å². The van der Waals surface area contributed by atoms with E-state index in [2.05, 4.69) is 44.5 Å². The molecule has 150 valence electrons. The third-order valence-electron chi connectivity index (χ3n) is 4.78. The van der Waals surface area contributed by atoms with Crippen LogP contribution in [0.1, 0.15) is 17.5 Å². The average molecular weight is 453 g/mol. The van der Waals surface area contributed by atoms with Crippen molar-refractivity contribution in [2.24, 2.45) is 5.92 Å². The van der Waals surface area contributed by atoms with Gasteiger partial charge < -0.3 is 10.4 Å². The Kier molecular flexibility index (Phi) is 8.00. The van der Waals surface area contributed by atoms with E-state index < -0.39 is 0 Å². The van der Waals surface area contributed by atoms with Gasteiger partial charge in [0.15, 0.2) is 0 Å². The van der Waals surface area contributed by atoms with Crippen LogP contribution in [0.5, 0.6) is 0 Å². The molecule has 3 aromatic rings. The van der Waals surface area contributed by atoms with Gasteiger partial charge in [-0.1, -0.05) is 58.4 Å². The number of rotatable bonds is 10. The van der Waals surface area contributed by atoms with Crippen LogP contribution in [0.2, 0.25) is 0 Å². The van der Waals surface area contributed by atoms with Gasteiger partial charge in [-0.25, -0.2) is 0 Å². The van der Waals surface area contributed by atoms with Crippen LogP contribution in [-0.2, 0) is 19.5 Å². The van der Waals surface area contributed by atoms with Gasteiger partial charge in [-0.2, -0.15) is 10.4 Å². The van der Waals surface area contributed by atoms with Crippen LogP contribution in [0.15, 0.2) is 65.3 Å².